The number of aliphatic imine (C=N–C) groups is 1. The van der Waals surface area contributed by atoms with E-state index < -0.39 is 5.97 Å². The lowest BCUT2D eigenvalue weighted by atomic mass is 10.1. The highest BCUT2D eigenvalue weighted by Gasteiger charge is 2.24. The summed E-state index contributed by atoms with van der Waals surface area (Å²) in [5, 5.41) is 0.605. The number of ether oxygens (including phenoxy) is 2. The van der Waals surface area contributed by atoms with Crippen LogP contribution in [0, 0.1) is 6.92 Å². The van der Waals surface area contributed by atoms with Gasteiger partial charge in [0.05, 0.1) is 7.11 Å². The third-order valence-corrected chi connectivity index (χ3v) is 3.87. The molecule has 0 spiro atoms. The molecule has 1 heterocycles. The standard InChI is InChI=1S/C18H14ClNO3/c1-11-3-6-13(10-15(11)19)17-20-16(18(21)23-17)9-12-4-7-14(22-2)8-5-12/h3-10H,1-2H3/b16-9-. The molecule has 1 aliphatic rings. The van der Waals surface area contributed by atoms with E-state index in [2.05, 4.69) is 4.99 Å². The van der Waals surface area contributed by atoms with Gasteiger partial charge >= 0.3 is 5.97 Å². The molecule has 2 aromatic rings. The Hall–Kier alpha value is -2.59. The average molecular weight is 328 g/mol. The van der Waals surface area contributed by atoms with Crippen molar-refractivity contribution in [2.45, 2.75) is 6.92 Å². The van der Waals surface area contributed by atoms with E-state index in [4.69, 9.17) is 21.1 Å². The maximum atomic E-state index is 12.0. The molecule has 0 aromatic heterocycles. The first-order valence-electron chi connectivity index (χ1n) is 7.00. The molecule has 116 valence electrons. The first kappa shape index (κ1) is 15.3. The van der Waals surface area contributed by atoms with Gasteiger partial charge in [-0.2, -0.15) is 0 Å². The molecule has 0 saturated heterocycles. The number of halogens is 1. The number of esters is 1. The molecule has 0 fully saturated rings. The number of carbonyl (C=O) groups excluding carboxylic acids is 1. The van der Waals surface area contributed by atoms with Crippen molar-refractivity contribution in [2.75, 3.05) is 7.11 Å². The summed E-state index contributed by atoms with van der Waals surface area (Å²) in [6.45, 7) is 1.91. The van der Waals surface area contributed by atoms with Crippen molar-refractivity contribution in [3.63, 3.8) is 0 Å². The molecule has 23 heavy (non-hydrogen) atoms. The molecule has 0 aliphatic carbocycles. The number of benzene rings is 2. The number of methoxy groups -OCH3 is 1. The molecule has 0 bridgehead atoms. The first-order valence-corrected chi connectivity index (χ1v) is 7.38. The SMILES string of the molecule is COc1ccc(/C=C2\N=C(c3ccc(C)c(Cl)c3)OC2=O)cc1. The van der Waals surface area contributed by atoms with Crippen molar-refractivity contribution in [3.05, 3.63) is 69.9 Å². The maximum Gasteiger partial charge on any atom is 0.363 e. The van der Waals surface area contributed by atoms with Gasteiger partial charge in [-0.05, 0) is 48.4 Å². The van der Waals surface area contributed by atoms with Crippen LogP contribution < -0.4 is 4.74 Å². The number of carbonyl (C=O) groups is 1. The van der Waals surface area contributed by atoms with Gasteiger partial charge < -0.3 is 9.47 Å². The predicted molar refractivity (Wildman–Crippen MR) is 89.8 cm³/mol. The minimum atomic E-state index is -0.479. The zero-order chi connectivity index (χ0) is 16.4. The van der Waals surface area contributed by atoms with Gasteiger partial charge in [0.2, 0.25) is 5.90 Å². The van der Waals surface area contributed by atoms with Crippen LogP contribution in [0.15, 0.2) is 53.2 Å². The predicted octanol–water partition coefficient (Wildman–Crippen LogP) is 4.00. The summed E-state index contributed by atoms with van der Waals surface area (Å²) >= 11 is 6.10. The minimum absolute atomic E-state index is 0.252. The Balaban J connectivity index is 1.90. The lowest BCUT2D eigenvalue weighted by molar-refractivity contribution is -0.129. The molecular weight excluding hydrogens is 314 g/mol. The van der Waals surface area contributed by atoms with Crippen LogP contribution in [0.25, 0.3) is 6.08 Å². The van der Waals surface area contributed by atoms with Crippen LogP contribution in [0.4, 0.5) is 0 Å². The normalized spacial score (nSPS) is 15.5. The minimum Gasteiger partial charge on any atom is -0.497 e. The Morgan fingerprint density at radius 3 is 2.57 bits per heavy atom. The highest BCUT2D eigenvalue weighted by atomic mass is 35.5. The molecule has 0 saturated carbocycles. The monoisotopic (exact) mass is 327 g/mol. The van der Waals surface area contributed by atoms with Gasteiger partial charge in [-0.25, -0.2) is 9.79 Å². The third kappa shape index (κ3) is 3.27. The summed E-state index contributed by atoms with van der Waals surface area (Å²) in [6.07, 6.45) is 1.67. The molecule has 1 aliphatic heterocycles. The van der Waals surface area contributed by atoms with Crippen LogP contribution in [0.5, 0.6) is 5.75 Å². The van der Waals surface area contributed by atoms with Crippen molar-refractivity contribution in [3.8, 4) is 5.75 Å². The smallest absolute Gasteiger partial charge is 0.363 e. The van der Waals surface area contributed by atoms with E-state index in [0.717, 1.165) is 16.9 Å². The Morgan fingerprint density at radius 1 is 1.17 bits per heavy atom. The van der Waals surface area contributed by atoms with Crippen LogP contribution in [0.2, 0.25) is 5.02 Å². The summed E-state index contributed by atoms with van der Waals surface area (Å²) in [7, 11) is 1.60. The second-order valence-corrected chi connectivity index (χ2v) is 5.48. The van der Waals surface area contributed by atoms with Crippen molar-refractivity contribution in [2.24, 2.45) is 4.99 Å². The van der Waals surface area contributed by atoms with E-state index in [1.165, 1.54) is 0 Å². The van der Waals surface area contributed by atoms with Gasteiger partial charge in [-0.1, -0.05) is 29.8 Å². The molecule has 5 heteroatoms. The van der Waals surface area contributed by atoms with E-state index in [9.17, 15) is 4.79 Å². The number of nitrogens with zero attached hydrogens (tertiary/aromatic N) is 1. The zero-order valence-corrected chi connectivity index (χ0v) is 13.4. The van der Waals surface area contributed by atoms with Gasteiger partial charge in [-0.15, -0.1) is 0 Å². The van der Waals surface area contributed by atoms with Crippen LogP contribution in [0.3, 0.4) is 0 Å². The van der Waals surface area contributed by atoms with Crippen molar-refractivity contribution in [1.29, 1.82) is 0 Å². The van der Waals surface area contributed by atoms with Crippen LogP contribution in [-0.4, -0.2) is 19.0 Å². The number of cyclic esters (lactones) is 1. The van der Waals surface area contributed by atoms with Crippen LogP contribution in [0.1, 0.15) is 16.7 Å². The number of aryl methyl sites for hydroxylation is 1. The van der Waals surface area contributed by atoms with Crippen molar-refractivity contribution in [1.82, 2.24) is 0 Å². The van der Waals surface area contributed by atoms with Gasteiger partial charge in [0.1, 0.15) is 5.75 Å². The van der Waals surface area contributed by atoms with E-state index >= 15 is 0 Å². The highest BCUT2D eigenvalue weighted by molar-refractivity contribution is 6.31. The quantitative estimate of drug-likeness (QED) is 0.632. The molecule has 3 rings (SSSR count). The topological polar surface area (TPSA) is 47.9 Å². The summed E-state index contributed by atoms with van der Waals surface area (Å²) < 4.78 is 10.3. The molecular formula is C18H14ClNO3. The van der Waals surface area contributed by atoms with Gasteiger partial charge in [0.25, 0.3) is 0 Å². The van der Waals surface area contributed by atoms with Crippen LogP contribution >= 0.6 is 11.6 Å². The van der Waals surface area contributed by atoms with Crippen molar-refractivity contribution >= 4 is 29.5 Å². The second kappa shape index (κ2) is 6.26. The Labute approximate surface area is 139 Å². The fourth-order valence-corrected chi connectivity index (χ4v) is 2.30. The zero-order valence-electron chi connectivity index (χ0n) is 12.7. The molecule has 0 unspecified atom stereocenters. The first-order chi connectivity index (χ1) is 11.1. The van der Waals surface area contributed by atoms with Crippen LogP contribution in [-0.2, 0) is 9.53 Å². The largest absolute Gasteiger partial charge is 0.497 e. The fourth-order valence-electron chi connectivity index (χ4n) is 2.12. The molecule has 0 atom stereocenters. The Kier molecular flexibility index (Phi) is 4.17. The molecule has 4 nitrogen and oxygen atoms in total. The number of rotatable bonds is 3. The third-order valence-electron chi connectivity index (χ3n) is 3.46. The molecule has 0 N–H and O–H groups in total. The lowest BCUT2D eigenvalue weighted by Crippen LogP contribution is -2.05. The summed E-state index contributed by atoms with van der Waals surface area (Å²) in [6, 6.07) is 12.7. The van der Waals surface area contributed by atoms with Gasteiger partial charge in [0.15, 0.2) is 5.70 Å². The Bertz CT molecular complexity index is 823. The molecule has 2 aromatic carbocycles. The van der Waals surface area contributed by atoms with E-state index in [0.29, 0.717) is 10.6 Å². The second-order valence-electron chi connectivity index (χ2n) is 5.07. The van der Waals surface area contributed by atoms with E-state index in [1.807, 2.05) is 43.3 Å². The summed E-state index contributed by atoms with van der Waals surface area (Å²) in [5.74, 6) is 0.531. The maximum absolute atomic E-state index is 12.0. The Morgan fingerprint density at radius 2 is 1.91 bits per heavy atom. The fraction of sp³-hybridized carbons (Fsp3) is 0.111. The van der Waals surface area contributed by atoms with Gasteiger partial charge in [-0.3, -0.25) is 0 Å². The lowest BCUT2D eigenvalue weighted by Gasteiger charge is -2.02. The van der Waals surface area contributed by atoms with E-state index in [1.54, 1.807) is 19.3 Å². The number of hydrogen-bond donors (Lipinski definition) is 0. The summed E-state index contributed by atoms with van der Waals surface area (Å²) in [5.41, 5.74) is 2.72. The highest BCUT2D eigenvalue weighted by Crippen LogP contribution is 2.23. The average Bonchev–Trinajstić information content (AvgIpc) is 2.92. The summed E-state index contributed by atoms with van der Waals surface area (Å²) in [4.78, 5) is 16.2. The van der Waals surface area contributed by atoms with Gasteiger partial charge in [0, 0.05) is 10.6 Å². The van der Waals surface area contributed by atoms with E-state index in [-0.39, 0.29) is 11.6 Å². The number of hydrogen-bond acceptors (Lipinski definition) is 4. The molecule has 0 radical (unpaired) electrons. The van der Waals surface area contributed by atoms with Crippen molar-refractivity contribution < 1.29 is 14.3 Å². The molecule has 0 amide bonds.